The number of hydrogen-bond donors (Lipinski definition) is 0. The van der Waals surface area contributed by atoms with Crippen LogP contribution in [0.15, 0.2) is 6.20 Å². The van der Waals surface area contributed by atoms with Gasteiger partial charge in [-0.2, -0.15) is 0 Å². The molecule has 2 atom stereocenters. The highest BCUT2D eigenvalue weighted by Crippen LogP contribution is 2.29. The molecule has 1 aromatic rings. The Morgan fingerprint density at radius 2 is 2.20 bits per heavy atom. The molecule has 1 aromatic heterocycles. The quantitative estimate of drug-likeness (QED) is 0.834. The molecule has 2 aliphatic heterocycles. The summed E-state index contributed by atoms with van der Waals surface area (Å²) in [6, 6.07) is 0.568. The Hall–Kier alpha value is -0.490. The van der Waals surface area contributed by atoms with Gasteiger partial charge in [0.2, 0.25) is 0 Å². The van der Waals surface area contributed by atoms with E-state index < -0.39 is 0 Å². The van der Waals surface area contributed by atoms with E-state index in [9.17, 15) is 0 Å². The molecular weight excluding hydrogens is 270 g/mol. The van der Waals surface area contributed by atoms with Crippen molar-refractivity contribution in [2.24, 2.45) is 0 Å². The SMILES string of the molecule is CN1CCO[C@@H]2CN(Cc3cnc(C(C)(C)C)s3)C[C@@H]21. The van der Waals surface area contributed by atoms with Gasteiger partial charge in [-0.05, 0) is 7.05 Å². The average Bonchev–Trinajstić information content (AvgIpc) is 2.96. The van der Waals surface area contributed by atoms with E-state index in [0.29, 0.717) is 12.1 Å². The van der Waals surface area contributed by atoms with Gasteiger partial charge in [0.1, 0.15) is 0 Å². The number of rotatable bonds is 2. The number of fused-ring (bicyclic) bond motifs is 1. The van der Waals surface area contributed by atoms with Gasteiger partial charge >= 0.3 is 0 Å². The minimum atomic E-state index is 0.158. The minimum absolute atomic E-state index is 0.158. The highest BCUT2D eigenvalue weighted by atomic mass is 32.1. The van der Waals surface area contributed by atoms with E-state index in [1.54, 1.807) is 0 Å². The van der Waals surface area contributed by atoms with Gasteiger partial charge in [-0.25, -0.2) is 4.98 Å². The number of aromatic nitrogens is 1. The smallest absolute Gasteiger partial charge is 0.0981 e. The molecule has 3 heterocycles. The molecule has 112 valence electrons. The maximum absolute atomic E-state index is 5.90. The number of morpholine rings is 1. The predicted octanol–water partition coefficient (Wildman–Crippen LogP) is 1.96. The zero-order valence-corrected chi connectivity index (χ0v) is 13.7. The standard InChI is InChI=1S/C15H25N3OS/c1-15(2,3)14-16-7-11(20-14)8-18-9-12-13(10-18)19-6-5-17(12)4/h7,12-13H,5-6,8-10H2,1-4H3/t12-,13+/m0/s1. The first-order valence-electron chi connectivity index (χ1n) is 7.43. The fourth-order valence-corrected chi connectivity index (χ4v) is 4.02. The van der Waals surface area contributed by atoms with E-state index in [1.807, 2.05) is 11.3 Å². The summed E-state index contributed by atoms with van der Waals surface area (Å²) in [6.45, 7) is 11.8. The van der Waals surface area contributed by atoms with Crippen LogP contribution in [-0.2, 0) is 16.7 Å². The molecule has 0 saturated carbocycles. The Morgan fingerprint density at radius 1 is 1.40 bits per heavy atom. The fraction of sp³-hybridized carbons (Fsp3) is 0.800. The van der Waals surface area contributed by atoms with Crippen LogP contribution in [0.3, 0.4) is 0 Å². The predicted molar refractivity (Wildman–Crippen MR) is 82.2 cm³/mol. The normalized spacial score (nSPS) is 28.8. The molecule has 4 nitrogen and oxygen atoms in total. The topological polar surface area (TPSA) is 28.6 Å². The van der Waals surface area contributed by atoms with Crippen LogP contribution in [0, 0.1) is 0 Å². The van der Waals surface area contributed by atoms with Crippen LogP contribution in [0.4, 0.5) is 0 Å². The molecule has 2 aliphatic rings. The maximum atomic E-state index is 5.90. The highest BCUT2D eigenvalue weighted by molar-refractivity contribution is 7.11. The molecule has 0 amide bonds. The average molecular weight is 295 g/mol. The van der Waals surface area contributed by atoms with Crippen molar-refractivity contribution in [2.75, 3.05) is 33.3 Å². The minimum Gasteiger partial charge on any atom is -0.374 e. The van der Waals surface area contributed by atoms with Gasteiger partial charge in [-0.3, -0.25) is 9.80 Å². The van der Waals surface area contributed by atoms with E-state index in [2.05, 4.69) is 48.8 Å². The first-order valence-corrected chi connectivity index (χ1v) is 8.24. The van der Waals surface area contributed by atoms with Crippen molar-refractivity contribution in [2.45, 2.75) is 44.9 Å². The van der Waals surface area contributed by atoms with Crippen LogP contribution >= 0.6 is 11.3 Å². The lowest BCUT2D eigenvalue weighted by Gasteiger charge is -2.33. The summed E-state index contributed by atoms with van der Waals surface area (Å²) in [5.41, 5.74) is 0.158. The highest BCUT2D eigenvalue weighted by Gasteiger charge is 2.38. The van der Waals surface area contributed by atoms with Crippen LogP contribution < -0.4 is 0 Å². The molecule has 0 spiro atoms. The van der Waals surface area contributed by atoms with E-state index >= 15 is 0 Å². The van der Waals surface area contributed by atoms with E-state index in [0.717, 1.165) is 32.8 Å². The van der Waals surface area contributed by atoms with Crippen molar-refractivity contribution in [3.8, 4) is 0 Å². The van der Waals surface area contributed by atoms with E-state index in [-0.39, 0.29) is 5.41 Å². The maximum Gasteiger partial charge on any atom is 0.0981 e. The first-order chi connectivity index (χ1) is 9.43. The first kappa shape index (κ1) is 14.4. The summed E-state index contributed by atoms with van der Waals surface area (Å²) in [4.78, 5) is 10.9. The van der Waals surface area contributed by atoms with E-state index in [1.165, 1.54) is 9.88 Å². The fourth-order valence-electron chi connectivity index (χ4n) is 3.01. The molecule has 0 radical (unpaired) electrons. The molecule has 2 fully saturated rings. The summed E-state index contributed by atoms with van der Waals surface area (Å²) in [5, 5.41) is 1.23. The van der Waals surface area contributed by atoms with Gasteiger partial charge in [0.25, 0.3) is 0 Å². The number of thiazole rings is 1. The van der Waals surface area contributed by atoms with Gasteiger partial charge in [0, 0.05) is 48.7 Å². The molecule has 0 N–H and O–H groups in total. The number of ether oxygens (including phenoxy) is 1. The van der Waals surface area contributed by atoms with Crippen molar-refractivity contribution in [1.82, 2.24) is 14.8 Å². The molecule has 5 heteroatoms. The largest absolute Gasteiger partial charge is 0.374 e. The Bertz CT molecular complexity index is 468. The van der Waals surface area contributed by atoms with Gasteiger partial charge in [-0.15, -0.1) is 11.3 Å². The third-order valence-electron chi connectivity index (χ3n) is 4.23. The monoisotopic (exact) mass is 295 g/mol. The zero-order chi connectivity index (χ0) is 14.3. The Balaban J connectivity index is 1.63. The Kier molecular flexibility index (Phi) is 3.88. The molecule has 0 aliphatic carbocycles. The van der Waals surface area contributed by atoms with Crippen LogP contribution in [0.1, 0.15) is 30.7 Å². The van der Waals surface area contributed by atoms with Crippen molar-refractivity contribution < 1.29 is 4.74 Å². The van der Waals surface area contributed by atoms with Crippen LogP contribution in [0.2, 0.25) is 0 Å². The number of hydrogen-bond acceptors (Lipinski definition) is 5. The van der Waals surface area contributed by atoms with E-state index in [4.69, 9.17) is 4.74 Å². The third-order valence-corrected chi connectivity index (χ3v) is 5.64. The number of likely N-dealkylation sites (tertiary alicyclic amines) is 1. The van der Waals surface area contributed by atoms with Gasteiger partial charge < -0.3 is 4.74 Å². The second kappa shape index (κ2) is 5.37. The third kappa shape index (κ3) is 2.91. The van der Waals surface area contributed by atoms with Crippen molar-refractivity contribution in [3.63, 3.8) is 0 Å². The molecular formula is C15H25N3OS. The summed E-state index contributed by atoms with van der Waals surface area (Å²) in [6.07, 6.45) is 2.45. The second-order valence-corrected chi connectivity index (χ2v) is 8.15. The van der Waals surface area contributed by atoms with Gasteiger partial charge in [-0.1, -0.05) is 20.8 Å². The lowest BCUT2D eigenvalue weighted by Crippen LogP contribution is -2.48. The molecule has 0 bridgehead atoms. The van der Waals surface area contributed by atoms with Crippen LogP contribution in [-0.4, -0.2) is 60.2 Å². The summed E-state index contributed by atoms with van der Waals surface area (Å²) < 4.78 is 5.90. The zero-order valence-electron chi connectivity index (χ0n) is 12.9. The van der Waals surface area contributed by atoms with Crippen LogP contribution in [0.25, 0.3) is 0 Å². The summed E-state index contributed by atoms with van der Waals surface area (Å²) in [7, 11) is 2.22. The summed E-state index contributed by atoms with van der Waals surface area (Å²) >= 11 is 1.85. The summed E-state index contributed by atoms with van der Waals surface area (Å²) in [5.74, 6) is 0. The molecule has 0 aromatic carbocycles. The number of nitrogens with zero attached hydrogens (tertiary/aromatic N) is 3. The lowest BCUT2D eigenvalue weighted by atomic mass is 9.98. The molecule has 3 rings (SSSR count). The van der Waals surface area contributed by atoms with Crippen molar-refractivity contribution >= 4 is 11.3 Å². The van der Waals surface area contributed by atoms with Crippen LogP contribution in [0.5, 0.6) is 0 Å². The molecule has 20 heavy (non-hydrogen) atoms. The molecule has 0 unspecified atom stereocenters. The second-order valence-electron chi connectivity index (χ2n) is 7.03. The lowest BCUT2D eigenvalue weighted by molar-refractivity contribution is -0.0370. The van der Waals surface area contributed by atoms with Crippen molar-refractivity contribution in [1.29, 1.82) is 0 Å². The van der Waals surface area contributed by atoms with Crippen molar-refractivity contribution in [3.05, 3.63) is 16.1 Å². The molecule has 2 saturated heterocycles. The van der Waals surface area contributed by atoms with Gasteiger partial charge in [0.05, 0.1) is 17.7 Å². The number of likely N-dealkylation sites (N-methyl/N-ethyl adjacent to an activating group) is 1. The Morgan fingerprint density at radius 3 is 2.85 bits per heavy atom. The Labute approximate surface area is 125 Å². The van der Waals surface area contributed by atoms with Gasteiger partial charge in [0.15, 0.2) is 0 Å².